The van der Waals surface area contributed by atoms with Crippen LogP contribution in [-0.4, -0.2) is 34.9 Å². The van der Waals surface area contributed by atoms with Gasteiger partial charge in [-0.3, -0.25) is 0 Å². The molecule has 0 saturated heterocycles. The lowest BCUT2D eigenvalue weighted by atomic mass is 9.94. The summed E-state index contributed by atoms with van der Waals surface area (Å²) in [5.41, 5.74) is 3.62. The van der Waals surface area contributed by atoms with Gasteiger partial charge in [0.25, 0.3) is 0 Å². The molecule has 3 N–H and O–H groups in total. The predicted octanol–water partition coefficient (Wildman–Crippen LogP) is 6.34. The largest absolute Gasteiger partial charge is 0.490 e. The van der Waals surface area contributed by atoms with Crippen LogP contribution in [0.5, 0.6) is 17.2 Å². The molecule has 0 spiro atoms. The van der Waals surface area contributed by atoms with Crippen LogP contribution in [-0.2, 0) is 6.42 Å². The molecule has 6 nitrogen and oxygen atoms in total. The van der Waals surface area contributed by atoms with Crippen molar-refractivity contribution in [1.82, 2.24) is 10.3 Å². The standard InChI is InChI=1S/C32H31N3O3/c1-32(2,18-22-10-14-25(15-11-22)38-26-16-12-23(19-33)13-17-26)34-20-24(36)21-37-30-9-5-8-29-31(30)27-6-3-4-7-28(27)35-29/h3-17,24,34-36H,18,20-21H2,1-2H3/t24-/m0/s1. The van der Waals surface area contributed by atoms with Crippen LogP contribution in [0, 0.1) is 11.3 Å². The number of benzene rings is 4. The van der Waals surface area contributed by atoms with E-state index in [1.165, 1.54) is 0 Å². The van der Waals surface area contributed by atoms with Crippen molar-refractivity contribution in [3.05, 3.63) is 102 Å². The second-order valence-electron chi connectivity index (χ2n) is 10.1. The van der Waals surface area contributed by atoms with Crippen molar-refractivity contribution in [3.63, 3.8) is 0 Å². The van der Waals surface area contributed by atoms with Gasteiger partial charge in [0.2, 0.25) is 0 Å². The van der Waals surface area contributed by atoms with Gasteiger partial charge >= 0.3 is 0 Å². The molecule has 4 aromatic carbocycles. The summed E-state index contributed by atoms with van der Waals surface area (Å²) >= 11 is 0. The third-order valence-corrected chi connectivity index (χ3v) is 6.53. The van der Waals surface area contributed by atoms with Crippen molar-refractivity contribution >= 4 is 21.8 Å². The van der Waals surface area contributed by atoms with Crippen LogP contribution >= 0.6 is 0 Å². The number of H-pyrrole nitrogens is 1. The van der Waals surface area contributed by atoms with E-state index in [2.05, 4.69) is 42.4 Å². The second kappa shape index (κ2) is 11.0. The summed E-state index contributed by atoms with van der Waals surface area (Å²) in [5.74, 6) is 2.19. The molecule has 0 aliphatic carbocycles. The molecule has 192 valence electrons. The highest BCUT2D eigenvalue weighted by Gasteiger charge is 2.20. The number of aliphatic hydroxyl groups excluding tert-OH is 1. The summed E-state index contributed by atoms with van der Waals surface area (Å²) in [7, 11) is 0. The smallest absolute Gasteiger partial charge is 0.129 e. The molecule has 6 heteroatoms. The third kappa shape index (κ3) is 5.97. The minimum Gasteiger partial charge on any atom is -0.490 e. The molecule has 0 fully saturated rings. The zero-order valence-corrected chi connectivity index (χ0v) is 21.6. The minimum absolute atomic E-state index is 0.198. The summed E-state index contributed by atoms with van der Waals surface area (Å²) in [6.07, 6.45) is 0.129. The van der Waals surface area contributed by atoms with E-state index in [0.29, 0.717) is 17.9 Å². The van der Waals surface area contributed by atoms with Crippen LogP contribution in [0.4, 0.5) is 0 Å². The summed E-state index contributed by atoms with van der Waals surface area (Å²) in [5, 5.41) is 25.2. The van der Waals surface area contributed by atoms with Crippen molar-refractivity contribution in [2.45, 2.75) is 31.9 Å². The molecule has 0 unspecified atom stereocenters. The zero-order chi connectivity index (χ0) is 26.5. The molecular weight excluding hydrogens is 474 g/mol. The highest BCUT2D eigenvalue weighted by atomic mass is 16.5. The number of nitrogens with zero attached hydrogens (tertiary/aromatic N) is 1. The Morgan fingerprint density at radius 3 is 2.32 bits per heavy atom. The van der Waals surface area contributed by atoms with Gasteiger partial charge in [0.1, 0.15) is 30.0 Å². The maximum Gasteiger partial charge on any atom is 0.129 e. The van der Waals surface area contributed by atoms with E-state index in [-0.39, 0.29) is 12.1 Å². The Bertz CT molecular complexity index is 1560. The van der Waals surface area contributed by atoms with Crippen LogP contribution in [0.2, 0.25) is 0 Å². The second-order valence-corrected chi connectivity index (χ2v) is 10.1. The molecule has 1 aromatic heterocycles. The number of aliphatic hydroxyl groups is 1. The molecule has 0 radical (unpaired) electrons. The lowest BCUT2D eigenvalue weighted by Crippen LogP contribution is -2.46. The van der Waals surface area contributed by atoms with E-state index in [1.54, 1.807) is 24.3 Å². The first-order valence-corrected chi connectivity index (χ1v) is 12.7. The van der Waals surface area contributed by atoms with Gasteiger partial charge in [-0.2, -0.15) is 5.26 Å². The fourth-order valence-electron chi connectivity index (χ4n) is 4.61. The lowest BCUT2D eigenvalue weighted by Gasteiger charge is -2.28. The SMILES string of the molecule is CC(C)(Cc1ccc(Oc2ccc(C#N)cc2)cc1)NC[C@H](O)COc1cccc2[nH]c3ccccc3c12. The average Bonchev–Trinajstić information content (AvgIpc) is 3.31. The van der Waals surface area contributed by atoms with Gasteiger partial charge in [-0.25, -0.2) is 0 Å². The van der Waals surface area contributed by atoms with E-state index >= 15 is 0 Å². The fraction of sp³-hybridized carbons (Fsp3) is 0.219. The number of aromatic nitrogens is 1. The van der Waals surface area contributed by atoms with Gasteiger partial charge in [0, 0.05) is 28.4 Å². The van der Waals surface area contributed by atoms with Gasteiger partial charge in [0.15, 0.2) is 0 Å². The van der Waals surface area contributed by atoms with Crippen molar-refractivity contribution in [1.29, 1.82) is 5.26 Å². The number of nitriles is 1. The van der Waals surface area contributed by atoms with Crippen LogP contribution in [0.3, 0.4) is 0 Å². The van der Waals surface area contributed by atoms with Crippen LogP contribution < -0.4 is 14.8 Å². The molecule has 0 amide bonds. The van der Waals surface area contributed by atoms with E-state index in [0.717, 1.165) is 45.3 Å². The molecule has 0 aliphatic heterocycles. The molecule has 38 heavy (non-hydrogen) atoms. The number of ether oxygens (including phenoxy) is 2. The van der Waals surface area contributed by atoms with Crippen molar-refractivity contribution in [3.8, 4) is 23.3 Å². The Labute approximate surface area is 222 Å². The summed E-state index contributed by atoms with van der Waals surface area (Å²) in [6.45, 7) is 4.85. The number of β-amino-alcohol motifs (C(OH)–C–C–N with tert-alkyl or cyclic N) is 1. The van der Waals surface area contributed by atoms with Crippen LogP contribution in [0.1, 0.15) is 25.0 Å². The quantitative estimate of drug-likeness (QED) is 0.206. The summed E-state index contributed by atoms with van der Waals surface area (Å²) < 4.78 is 11.9. The number of aromatic amines is 1. The molecule has 0 bridgehead atoms. The summed E-state index contributed by atoms with van der Waals surface area (Å²) in [6, 6.07) is 31.2. The topological polar surface area (TPSA) is 90.3 Å². The van der Waals surface area contributed by atoms with Crippen LogP contribution in [0.15, 0.2) is 91.0 Å². The normalized spacial score (nSPS) is 12.4. The first-order valence-electron chi connectivity index (χ1n) is 12.7. The molecule has 5 rings (SSSR count). The van der Waals surface area contributed by atoms with E-state index < -0.39 is 6.10 Å². The predicted molar refractivity (Wildman–Crippen MR) is 151 cm³/mol. The number of nitrogens with one attached hydrogen (secondary N) is 2. The van der Waals surface area contributed by atoms with Crippen molar-refractivity contribution in [2.75, 3.05) is 13.2 Å². The van der Waals surface area contributed by atoms with Gasteiger partial charge in [-0.05, 0) is 80.4 Å². The molecule has 0 saturated carbocycles. The maximum atomic E-state index is 10.7. The van der Waals surface area contributed by atoms with E-state index in [9.17, 15) is 5.11 Å². The zero-order valence-electron chi connectivity index (χ0n) is 21.6. The molecular formula is C32H31N3O3. The Morgan fingerprint density at radius 1 is 0.895 bits per heavy atom. The Kier molecular flexibility index (Phi) is 7.32. The highest BCUT2D eigenvalue weighted by Crippen LogP contribution is 2.33. The monoisotopic (exact) mass is 505 g/mol. The molecule has 1 heterocycles. The first-order chi connectivity index (χ1) is 18.4. The Hall–Kier alpha value is -4.31. The number of hydrogen-bond donors (Lipinski definition) is 3. The van der Waals surface area contributed by atoms with E-state index in [1.807, 2.05) is 54.6 Å². The van der Waals surface area contributed by atoms with Crippen molar-refractivity contribution in [2.24, 2.45) is 0 Å². The number of fused-ring (bicyclic) bond motifs is 3. The van der Waals surface area contributed by atoms with Gasteiger partial charge in [-0.15, -0.1) is 0 Å². The van der Waals surface area contributed by atoms with Gasteiger partial charge in [-0.1, -0.05) is 36.4 Å². The Morgan fingerprint density at radius 2 is 1.58 bits per heavy atom. The fourth-order valence-corrected chi connectivity index (χ4v) is 4.61. The molecule has 1 atom stereocenters. The minimum atomic E-state index is -0.655. The third-order valence-electron chi connectivity index (χ3n) is 6.53. The number of para-hydroxylation sites is 1. The van der Waals surface area contributed by atoms with Gasteiger partial charge in [0.05, 0.1) is 17.1 Å². The van der Waals surface area contributed by atoms with Gasteiger partial charge < -0.3 is 24.9 Å². The molecule has 5 aromatic rings. The number of rotatable bonds is 10. The highest BCUT2D eigenvalue weighted by molar-refractivity contribution is 6.10. The van der Waals surface area contributed by atoms with Crippen molar-refractivity contribution < 1.29 is 14.6 Å². The number of hydrogen-bond acceptors (Lipinski definition) is 5. The van der Waals surface area contributed by atoms with Crippen LogP contribution in [0.25, 0.3) is 21.8 Å². The molecule has 0 aliphatic rings. The summed E-state index contributed by atoms with van der Waals surface area (Å²) in [4.78, 5) is 3.42. The first kappa shape index (κ1) is 25.3. The lowest BCUT2D eigenvalue weighted by molar-refractivity contribution is 0.0996. The Balaban J connectivity index is 1.13. The van der Waals surface area contributed by atoms with E-state index in [4.69, 9.17) is 14.7 Å². The maximum absolute atomic E-state index is 10.7. The average molecular weight is 506 g/mol.